The highest BCUT2D eigenvalue weighted by molar-refractivity contribution is 5.86. The molecule has 4 N–H and O–H groups in total. The molecule has 2 aromatic rings. The molecule has 2 rings (SSSR count). The highest BCUT2D eigenvalue weighted by atomic mass is 35.5. The SMILES string of the molecule is Cc1ccc(-c2ccccc2N)c(N)c1C.Cl. The minimum Gasteiger partial charge on any atom is -0.398 e. The van der Waals surface area contributed by atoms with Crippen LogP contribution >= 0.6 is 12.4 Å². The molecule has 0 fully saturated rings. The van der Waals surface area contributed by atoms with E-state index in [0.29, 0.717) is 0 Å². The summed E-state index contributed by atoms with van der Waals surface area (Å²) < 4.78 is 0. The van der Waals surface area contributed by atoms with Crippen LogP contribution in [0.1, 0.15) is 11.1 Å². The van der Waals surface area contributed by atoms with E-state index in [1.54, 1.807) is 0 Å². The zero-order valence-electron chi connectivity index (χ0n) is 10.0. The first-order valence-corrected chi connectivity index (χ1v) is 5.32. The Kier molecular flexibility index (Phi) is 4.02. The molecule has 0 saturated carbocycles. The number of para-hydroxylation sites is 1. The fourth-order valence-electron chi connectivity index (χ4n) is 1.81. The van der Waals surface area contributed by atoms with Gasteiger partial charge in [-0.05, 0) is 31.0 Å². The van der Waals surface area contributed by atoms with Gasteiger partial charge in [0.2, 0.25) is 0 Å². The molecule has 0 aliphatic rings. The topological polar surface area (TPSA) is 52.0 Å². The van der Waals surface area contributed by atoms with Crippen molar-refractivity contribution in [1.82, 2.24) is 0 Å². The Bertz CT molecular complexity index is 536. The van der Waals surface area contributed by atoms with E-state index < -0.39 is 0 Å². The van der Waals surface area contributed by atoms with Crippen LogP contribution in [0.15, 0.2) is 36.4 Å². The van der Waals surface area contributed by atoms with Crippen molar-refractivity contribution in [2.75, 3.05) is 11.5 Å². The number of benzene rings is 2. The number of nitrogens with two attached hydrogens (primary N) is 2. The van der Waals surface area contributed by atoms with Gasteiger partial charge in [-0.2, -0.15) is 0 Å². The fourth-order valence-corrected chi connectivity index (χ4v) is 1.81. The van der Waals surface area contributed by atoms with Gasteiger partial charge in [-0.15, -0.1) is 12.4 Å². The van der Waals surface area contributed by atoms with Gasteiger partial charge in [-0.3, -0.25) is 0 Å². The summed E-state index contributed by atoms with van der Waals surface area (Å²) in [5.74, 6) is 0. The third-order valence-electron chi connectivity index (χ3n) is 3.04. The van der Waals surface area contributed by atoms with Crippen molar-refractivity contribution >= 4 is 23.8 Å². The van der Waals surface area contributed by atoms with E-state index in [9.17, 15) is 0 Å². The Balaban J connectivity index is 0.00000144. The third-order valence-corrected chi connectivity index (χ3v) is 3.04. The van der Waals surface area contributed by atoms with Gasteiger partial charge < -0.3 is 11.5 Å². The fraction of sp³-hybridized carbons (Fsp3) is 0.143. The first-order valence-electron chi connectivity index (χ1n) is 5.32. The van der Waals surface area contributed by atoms with Crippen LogP contribution in [0.2, 0.25) is 0 Å². The third kappa shape index (κ3) is 2.37. The summed E-state index contributed by atoms with van der Waals surface area (Å²) in [5.41, 5.74) is 18.0. The van der Waals surface area contributed by atoms with Gasteiger partial charge in [0.25, 0.3) is 0 Å². The standard InChI is InChI=1S/C14H16N2.ClH/c1-9-7-8-12(14(16)10(9)2)11-5-3-4-6-13(11)15;/h3-8H,15-16H2,1-2H3;1H. The molecule has 0 saturated heterocycles. The molecular formula is C14H17ClN2. The van der Waals surface area contributed by atoms with Crippen molar-refractivity contribution < 1.29 is 0 Å². The van der Waals surface area contributed by atoms with E-state index >= 15 is 0 Å². The van der Waals surface area contributed by atoms with Crippen molar-refractivity contribution in [2.45, 2.75) is 13.8 Å². The van der Waals surface area contributed by atoms with Crippen molar-refractivity contribution in [3.05, 3.63) is 47.5 Å². The predicted octanol–water partition coefficient (Wildman–Crippen LogP) is 3.56. The molecule has 0 radical (unpaired) electrons. The smallest absolute Gasteiger partial charge is 0.0426 e. The molecule has 90 valence electrons. The first-order chi connectivity index (χ1) is 7.61. The van der Waals surface area contributed by atoms with Crippen molar-refractivity contribution in [3.63, 3.8) is 0 Å². The number of hydrogen-bond acceptors (Lipinski definition) is 2. The van der Waals surface area contributed by atoms with Gasteiger partial charge in [0.1, 0.15) is 0 Å². The maximum atomic E-state index is 6.13. The number of hydrogen-bond donors (Lipinski definition) is 2. The van der Waals surface area contributed by atoms with Gasteiger partial charge >= 0.3 is 0 Å². The predicted molar refractivity (Wildman–Crippen MR) is 77.4 cm³/mol. The summed E-state index contributed by atoms with van der Waals surface area (Å²) in [4.78, 5) is 0. The molecule has 0 unspecified atom stereocenters. The highest BCUT2D eigenvalue weighted by Gasteiger charge is 2.08. The summed E-state index contributed by atoms with van der Waals surface area (Å²) in [6.07, 6.45) is 0. The molecule has 0 atom stereocenters. The lowest BCUT2D eigenvalue weighted by Crippen LogP contribution is -1.98. The molecule has 2 nitrogen and oxygen atoms in total. The molecule has 17 heavy (non-hydrogen) atoms. The second-order valence-electron chi connectivity index (χ2n) is 4.06. The Labute approximate surface area is 108 Å². The number of nitrogen functional groups attached to an aromatic ring is 2. The Morgan fingerprint density at radius 2 is 1.47 bits per heavy atom. The zero-order chi connectivity index (χ0) is 11.7. The summed E-state index contributed by atoms with van der Waals surface area (Å²) in [5, 5.41) is 0. The minimum atomic E-state index is 0. The molecule has 3 heteroatoms. The van der Waals surface area contributed by atoms with Gasteiger partial charge in [0.05, 0.1) is 0 Å². The van der Waals surface area contributed by atoms with Crippen LogP contribution in [0, 0.1) is 13.8 Å². The van der Waals surface area contributed by atoms with Crippen molar-refractivity contribution in [2.24, 2.45) is 0 Å². The van der Waals surface area contributed by atoms with Crippen LogP contribution in [-0.4, -0.2) is 0 Å². The lowest BCUT2D eigenvalue weighted by molar-refractivity contribution is 1.34. The quantitative estimate of drug-likeness (QED) is 0.759. The van der Waals surface area contributed by atoms with Crippen LogP contribution in [0.25, 0.3) is 11.1 Å². The van der Waals surface area contributed by atoms with Gasteiger partial charge in [0, 0.05) is 22.5 Å². The zero-order valence-corrected chi connectivity index (χ0v) is 10.8. The Hall–Kier alpha value is -1.67. The van der Waals surface area contributed by atoms with E-state index in [0.717, 1.165) is 28.1 Å². The normalized spacial score (nSPS) is 9.76. The van der Waals surface area contributed by atoms with E-state index in [-0.39, 0.29) is 12.4 Å². The first kappa shape index (κ1) is 13.4. The largest absolute Gasteiger partial charge is 0.398 e. The second-order valence-corrected chi connectivity index (χ2v) is 4.06. The molecule has 0 bridgehead atoms. The molecule has 0 amide bonds. The molecule has 0 spiro atoms. The van der Waals surface area contributed by atoms with E-state index in [1.165, 1.54) is 5.56 Å². The van der Waals surface area contributed by atoms with E-state index in [4.69, 9.17) is 11.5 Å². The van der Waals surface area contributed by atoms with Crippen molar-refractivity contribution in [3.8, 4) is 11.1 Å². The van der Waals surface area contributed by atoms with Gasteiger partial charge in [-0.1, -0.05) is 30.3 Å². The summed E-state index contributed by atoms with van der Waals surface area (Å²) >= 11 is 0. The van der Waals surface area contributed by atoms with Crippen molar-refractivity contribution in [1.29, 1.82) is 0 Å². The average molecular weight is 249 g/mol. The average Bonchev–Trinajstić information content (AvgIpc) is 2.28. The van der Waals surface area contributed by atoms with Gasteiger partial charge in [0.15, 0.2) is 0 Å². The summed E-state index contributed by atoms with van der Waals surface area (Å²) in [7, 11) is 0. The molecular weight excluding hydrogens is 232 g/mol. The van der Waals surface area contributed by atoms with Crippen LogP contribution in [0.4, 0.5) is 11.4 Å². The lowest BCUT2D eigenvalue weighted by Gasteiger charge is -2.12. The van der Waals surface area contributed by atoms with Crippen LogP contribution in [0.3, 0.4) is 0 Å². The highest BCUT2D eigenvalue weighted by Crippen LogP contribution is 2.33. The monoisotopic (exact) mass is 248 g/mol. The molecule has 2 aromatic carbocycles. The van der Waals surface area contributed by atoms with Crippen LogP contribution in [0.5, 0.6) is 0 Å². The Morgan fingerprint density at radius 1 is 0.824 bits per heavy atom. The maximum Gasteiger partial charge on any atom is 0.0426 e. The number of aryl methyl sites for hydroxylation is 1. The summed E-state index contributed by atoms with van der Waals surface area (Å²) in [6.45, 7) is 4.09. The van der Waals surface area contributed by atoms with Crippen LogP contribution < -0.4 is 11.5 Å². The molecule has 0 heterocycles. The maximum absolute atomic E-state index is 6.13. The molecule has 0 aliphatic carbocycles. The summed E-state index contributed by atoms with van der Waals surface area (Å²) in [6, 6.07) is 11.9. The minimum absolute atomic E-state index is 0. The number of anilines is 2. The Morgan fingerprint density at radius 3 is 2.12 bits per heavy atom. The van der Waals surface area contributed by atoms with E-state index in [1.807, 2.05) is 37.3 Å². The number of rotatable bonds is 1. The second kappa shape index (κ2) is 5.11. The number of halogens is 1. The molecule has 0 aliphatic heterocycles. The molecule has 0 aromatic heterocycles. The lowest BCUT2D eigenvalue weighted by atomic mass is 9.97. The van der Waals surface area contributed by atoms with Gasteiger partial charge in [-0.25, -0.2) is 0 Å². The van der Waals surface area contributed by atoms with E-state index in [2.05, 4.69) is 13.0 Å². The van der Waals surface area contributed by atoms with Crippen LogP contribution in [-0.2, 0) is 0 Å².